The first kappa shape index (κ1) is 22.4. The third kappa shape index (κ3) is 4.83. The molecule has 2 fully saturated rings. The average Bonchev–Trinajstić information content (AvgIpc) is 2.76. The van der Waals surface area contributed by atoms with E-state index in [2.05, 4.69) is 74.9 Å². The van der Waals surface area contributed by atoms with Gasteiger partial charge in [0.15, 0.2) is 5.76 Å². The van der Waals surface area contributed by atoms with Crippen LogP contribution in [-0.2, 0) is 14.9 Å². The zero-order valence-corrected chi connectivity index (χ0v) is 20.0. The molecular weight excluding hydrogens is 398 g/mol. The summed E-state index contributed by atoms with van der Waals surface area (Å²) in [6.07, 6.45) is 1.93. The van der Waals surface area contributed by atoms with Crippen molar-refractivity contribution in [3.05, 3.63) is 64.9 Å². The number of carbonyl (C=O) groups is 1. The van der Waals surface area contributed by atoms with Crippen LogP contribution in [0.2, 0.25) is 0 Å². The van der Waals surface area contributed by atoms with Gasteiger partial charge >= 0.3 is 0 Å². The number of likely N-dealkylation sites (N-methyl/N-ethyl adjacent to an activating group) is 1. The van der Waals surface area contributed by atoms with E-state index in [-0.39, 0.29) is 11.3 Å². The molecule has 170 valence electrons. The summed E-state index contributed by atoms with van der Waals surface area (Å²) in [4.78, 5) is 19.9. The van der Waals surface area contributed by atoms with Crippen LogP contribution in [0.25, 0.3) is 6.08 Å². The number of aryl methyl sites for hydroxylation is 1. The molecule has 0 radical (unpaired) electrons. The Bertz CT molecular complexity index is 997. The molecule has 1 amide bonds. The fraction of sp³-hybridized carbons (Fsp3) is 0.444. The fourth-order valence-corrected chi connectivity index (χ4v) is 4.30. The van der Waals surface area contributed by atoms with E-state index in [4.69, 9.17) is 4.74 Å². The number of benzene rings is 2. The highest BCUT2D eigenvalue weighted by Crippen LogP contribution is 2.29. The fourth-order valence-electron chi connectivity index (χ4n) is 4.30. The molecule has 2 saturated heterocycles. The standard InChI is InChI=1S/C27H35N3O2/c1-20-6-11-24(29-14-12-28(5)13-15-29)21(18-20)19-25-26(31)30(16-17-32-25)23-9-7-22(8-10-23)27(2,3)4/h6-11,18-19H,12-17H2,1-5H3/b25-19-. The van der Waals surface area contributed by atoms with Gasteiger partial charge in [-0.1, -0.05) is 44.5 Å². The minimum atomic E-state index is -0.0782. The Balaban J connectivity index is 1.61. The number of nitrogens with zero attached hydrogens (tertiary/aromatic N) is 3. The van der Waals surface area contributed by atoms with E-state index < -0.39 is 0 Å². The second-order valence-corrected chi connectivity index (χ2v) is 9.96. The number of ether oxygens (including phenoxy) is 1. The number of amides is 1. The predicted molar refractivity (Wildman–Crippen MR) is 132 cm³/mol. The second-order valence-electron chi connectivity index (χ2n) is 9.96. The van der Waals surface area contributed by atoms with E-state index in [1.165, 1.54) is 16.8 Å². The van der Waals surface area contributed by atoms with Crippen molar-refractivity contribution >= 4 is 23.4 Å². The van der Waals surface area contributed by atoms with Crippen LogP contribution in [-0.4, -0.2) is 57.2 Å². The van der Waals surface area contributed by atoms with Gasteiger partial charge in [0.05, 0.1) is 6.54 Å². The van der Waals surface area contributed by atoms with Crippen LogP contribution in [0.15, 0.2) is 48.2 Å². The Morgan fingerprint density at radius 3 is 2.28 bits per heavy atom. The van der Waals surface area contributed by atoms with Crippen molar-refractivity contribution in [1.29, 1.82) is 0 Å². The lowest BCUT2D eigenvalue weighted by Gasteiger charge is -2.35. The van der Waals surface area contributed by atoms with E-state index in [1.54, 1.807) is 0 Å². The zero-order valence-electron chi connectivity index (χ0n) is 20.0. The Morgan fingerprint density at radius 1 is 0.938 bits per heavy atom. The number of carbonyl (C=O) groups excluding carboxylic acids is 1. The van der Waals surface area contributed by atoms with Crippen molar-refractivity contribution < 1.29 is 9.53 Å². The van der Waals surface area contributed by atoms with E-state index >= 15 is 0 Å². The first-order chi connectivity index (χ1) is 15.2. The Kier molecular flexibility index (Phi) is 6.29. The van der Waals surface area contributed by atoms with Crippen LogP contribution in [0, 0.1) is 6.92 Å². The highest BCUT2D eigenvalue weighted by molar-refractivity contribution is 6.07. The van der Waals surface area contributed by atoms with Crippen molar-refractivity contribution in [2.24, 2.45) is 0 Å². The van der Waals surface area contributed by atoms with Crippen molar-refractivity contribution in [1.82, 2.24) is 4.90 Å². The van der Waals surface area contributed by atoms with E-state index in [0.717, 1.165) is 37.4 Å². The van der Waals surface area contributed by atoms with Gasteiger partial charge in [-0.2, -0.15) is 0 Å². The predicted octanol–water partition coefficient (Wildman–Crippen LogP) is 4.45. The molecule has 2 aromatic carbocycles. The summed E-state index contributed by atoms with van der Waals surface area (Å²) in [5, 5.41) is 0. The molecule has 0 atom stereocenters. The van der Waals surface area contributed by atoms with Crippen LogP contribution in [0.4, 0.5) is 11.4 Å². The minimum absolute atomic E-state index is 0.0782. The first-order valence-electron chi connectivity index (χ1n) is 11.5. The third-order valence-electron chi connectivity index (χ3n) is 6.39. The number of morpholine rings is 1. The van der Waals surface area contributed by atoms with Gasteiger partial charge in [0.25, 0.3) is 5.91 Å². The highest BCUT2D eigenvalue weighted by Gasteiger charge is 2.27. The van der Waals surface area contributed by atoms with Crippen LogP contribution in [0.1, 0.15) is 37.5 Å². The molecule has 0 aliphatic carbocycles. The summed E-state index contributed by atoms with van der Waals surface area (Å²) in [5.74, 6) is 0.336. The molecule has 0 bridgehead atoms. The molecule has 5 heteroatoms. The van der Waals surface area contributed by atoms with Gasteiger partial charge < -0.3 is 19.4 Å². The molecule has 0 unspecified atom stereocenters. The van der Waals surface area contributed by atoms with Gasteiger partial charge in [-0.25, -0.2) is 0 Å². The molecule has 4 rings (SSSR count). The van der Waals surface area contributed by atoms with E-state index in [0.29, 0.717) is 18.9 Å². The van der Waals surface area contributed by atoms with E-state index in [9.17, 15) is 4.79 Å². The summed E-state index contributed by atoms with van der Waals surface area (Å²) < 4.78 is 5.87. The largest absolute Gasteiger partial charge is 0.486 e. The Hall–Kier alpha value is -2.79. The number of anilines is 2. The third-order valence-corrected chi connectivity index (χ3v) is 6.39. The van der Waals surface area contributed by atoms with Crippen LogP contribution in [0.3, 0.4) is 0 Å². The van der Waals surface area contributed by atoms with Crippen LogP contribution < -0.4 is 9.80 Å². The molecule has 0 N–H and O–H groups in total. The van der Waals surface area contributed by atoms with Crippen molar-refractivity contribution in [2.45, 2.75) is 33.1 Å². The highest BCUT2D eigenvalue weighted by atomic mass is 16.5. The van der Waals surface area contributed by atoms with Crippen LogP contribution >= 0.6 is 0 Å². The maximum atomic E-state index is 13.3. The monoisotopic (exact) mass is 433 g/mol. The summed E-state index contributed by atoms with van der Waals surface area (Å²) in [5.41, 5.74) is 5.65. The van der Waals surface area contributed by atoms with Gasteiger partial charge in [0.1, 0.15) is 6.61 Å². The molecular formula is C27H35N3O2. The number of piperazine rings is 1. The minimum Gasteiger partial charge on any atom is -0.486 e. The number of hydrogen-bond acceptors (Lipinski definition) is 4. The Labute approximate surface area is 192 Å². The molecule has 2 heterocycles. The summed E-state index contributed by atoms with van der Waals surface area (Å²) in [6, 6.07) is 14.8. The van der Waals surface area contributed by atoms with Gasteiger partial charge in [-0.3, -0.25) is 4.79 Å². The molecule has 0 aromatic heterocycles. The lowest BCUT2D eigenvalue weighted by molar-refractivity contribution is -0.120. The van der Waals surface area contributed by atoms with Gasteiger partial charge in [0.2, 0.25) is 0 Å². The zero-order chi connectivity index (χ0) is 22.9. The maximum Gasteiger partial charge on any atom is 0.293 e. The summed E-state index contributed by atoms with van der Waals surface area (Å²) in [6.45, 7) is 13.8. The number of hydrogen-bond donors (Lipinski definition) is 0. The topological polar surface area (TPSA) is 36.0 Å². The quantitative estimate of drug-likeness (QED) is 0.670. The molecule has 0 spiro atoms. The first-order valence-corrected chi connectivity index (χ1v) is 11.5. The second kappa shape index (κ2) is 8.99. The maximum absolute atomic E-state index is 13.3. The normalized spacial score (nSPS) is 19.4. The van der Waals surface area contributed by atoms with Crippen molar-refractivity contribution in [3.8, 4) is 0 Å². The Morgan fingerprint density at radius 2 is 1.62 bits per heavy atom. The van der Waals surface area contributed by atoms with Crippen molar-refractivity contribution in [2.75, 3.05) is 56.2 Å². The van der Waals surface area contributed by atoms with Gasteiger partial charge in [0, 0.05) is 43.1 Å². The smallest absolute Gasteiger partial charge is 0.293 e. The lowest BCUT2D eigenvalue weighted by Crippen LogP contribution is -2.44. The SMILES string of the molecule is Cc1ccc(N2CCN(C)CC2)c(/C=C2\OCCN(c3ccc(C(C)(C)C)cc3)C2=O)c1. The van der Waals surface area contributed by atoms with Gasteiger partial charge in [-0.15, -0.1) is 0 Å². The summed E-state index contributed by atoms with van der Waals surface area (Å²) >= 11 is 0. The number of rotatable bonds is 3. The molecule has 2 aliphatic rings. The van der Waals surface area contributed by atoms with Crippen LogP contribution in [0.5, 0.6) is 0 Å². The van der Waals surface area contributed by atoms with Gasteiger partial charge in [-0.05, 0) is 55.3 Å². The molecule has 5 nitrogen and oxygen atoms in total. The molecule has 2 aromatic rings. The van der Waals surface area contributed by atoms with E-state index in [1.807, 2.05) is 23.1 Å². The molecule has 0 saturated carbocycles. The summed E-state index contributed by atoms with van der Waals surface area (Å²) in [7, 11) is 2.16. The average molecular weight is 434 g/mol. The molecule has 32 heavy (non-hydrogen) atoms. The molecule has 2 aliphatic heterocycles. The lowest BCUT2D eigenvalue weighted by atomic mass is 9.87. The van der Waals surface area contributed by atoms with Crippen molar-refractivity contribution in [3.63, 3.8) is 0 Å².